The molecule has 2 atom stereocenters. The zero-order chi connectivity index (χ0) is 43.0. The van der Waals surface area contributed by atoms with Gasteiger partial charge in [0.05, 0.1) is 13.2 Å². The molecule has 0 saturated heterocycles. The largest absolute Gasteiger partial charge is 0.472 e. The van der Waals surface area contributed by atoms with Crippen LogP contribution in [-0.4, -0.2) is 49.3 Å². The first kappa shape index (κ1) is 52.7. The summed E-state index contributed by atoms with van der Waals surface area (Å²) in [5, 5.41) is 0. The number of rotatable bonds is 39. The summed E-state index contributed by atoms with van der Waals surface area (Å²) in [6, 6.07) is 4.40. The molecule has 0 radical (unpaired) electrons. The first-order valence-electron chi connectivity index (χ1n) is 23.4. The number of furan rings is 2. The molecule has 0 aliphatic heterocycles. The number of aryl methyl sites for hydroxylation is 6. The van der Waals surface area contributed by atoms with Gasteiger partial charge < -0.3 is 28.9 Å². The van der Waals surface area contributed by atoms with Crippen molar-refractivity contribution in [3.8, 4) is 0 Å². The molecule has 0 spiro atoms. The minimum absolute atomic E-state index is 0.0444. The fraction of sp³-hybridized carbons (Fsp3) is 0.787. The maximum Gasteiger partial charge on any atom is 0.472 e. The lowest BCUT2D eigenvalue weighted by molar-refractivity contribution is -0.161. The van der Waals surface area contributed by atoms with E-state index in [2.05, 4.69) is 39.8 Å². The van der Waals surface area contributed by atoms with Crippen LogP contribution in [0.15, 0.2) is 21.0 Å². The smallest absolute Gasteiger partial charge is 0.466 e. The van der Waals surface area contributed by atoms with E-state index in [1.807, 2.05) is 0 Å². The van der Waals surface area contributed by atoms with E-state index in [0.29, 0.717) is 6.42 Å². The lowest BCUT2D eigenvalue weighted by atomic mass is 10.0. The molecule has 2 rings (SSSR count). The number of unbranched alkanes of at least 4 members (excludes halogenated alkanes) is 18. The maximum absolute atomic E-state index is 12.7. The lowest BCUT2D eigenvalue weighted by Crippen LogP contribution is -2.29. The summed E-state index contributed by atoms with van der Waals surface area (Å²) < 4.78 is 45.0. The molecule has 2 aromatic heterocycles. The number of nitrogens with two attached hydrogens (primary N) is 1. The van der Waals surface area contributed by atoms with Gasteiger partial charge in [-0.1, -0.05) is 117 Å². The van der Waals surface area contributed by atoms with Crippen LogP contribution in [0.5, 0.6) is 0 Å². The van der Waals surface area contributed by atoms with Gasteiger partial charge in [0.25, 0.3) is 0 Å². The number of hydrogen-bond donors (Lipinski definition) is 2. The van der Waals surface area contributed by atoms with E-state index in [-0.39, 0.29) is 32.6 Å². The topological polar surface area (TPSA) is 161 Å². The van der Waals surface area contributed by atoms with E-state index < -0.39 is 32.5 Å². The third-order valence-electron chi connectivity index (χ3n) is 10.8. The Morgan fingerprint density at radius 3 is 1.56 bits per heavy atom. The van der Waals surface area contributed by atoms with E-state index in [1.54, 1.807) is 0 Å². The Morgan fingerprint density at radius 1 is 0.610 bits per heavy atom. The first-order chi connectivity index (χ1) is 28.6. The van der Waals surface area contributed by atoms with Crippen LogP contribution in [0.2, 0.25) is 0 Å². The van der Waals surface area contributed by atoms with Gasteiger partial charge in [0.1, 0.15) is 29.6 Å². The highest BCUT2D eigenvalue weighted by atomic mass is 31.2. The van der Waals surface area contributed by atoms with Gasteiger partial charge in [-0.05, 0) is 75.6 Å². The monoisotopic (exact) mass is 852 g/mol. The van der Waals surface area contributed by atoms with Crippen molar-refractivity contribution in [1.82, 2.24) is 0 Å². The molecule has 0 amide bonds. The van der Waals surface area contributed by atoms with Gasteiger partial charge in [0, 0.05) is 45.1 Å². The first-order valence-corrected chi connectivity index (χ1v) is 24.9. The van der Waals surface area contributed by atoms with Gasteiger partial charge >= 0.3 is 19.8 Å². The lowest BCUT2D eigenvalue weighted by Gasteiger charge is -2.19. The van der Waals surface area contributed by atoms with Crippen molar-refractivity contribution in [3.05, 3.63) is 46.3 Å². The van der Waals surface area contributed by atoms with E-state index in [1.165, 1.54) is 87.5 Å². The number of phosphoric ester groups is 1. The number of carbonyl (C=O) groups is 2. The molecular weight excluding hydrogens is 769 g/mol. The van der Waals surface area contributed by atoms with Gasteiger partial charge in [-0.2, -0.15) is 0 Å². The Kier molecular flexibility index (Phi) is 29.7. The number of phosphoric acid groups is 1. The average molecular weight is 852 g/mol. The molecule has 11 nitrogen and oxygen atoms in total. The SMILES string of the molecule is CCCCCc1cc(C)c(CCCCCCCCCCCCC(=O)OC[C@H](COP(=O)(O)OCCN)OC(=O)CCCCCCCCCCc2oc(CCC)cc2C)o1. The van der Waals surface area contributed by atoms with Crippen LogP contribution in [-0.2, 0) is 58.4 Å². The fourth-order valence-electron chi connectivity index (χ4n) is 7.31. The molecule has 1 unspecified atom stereocenters. The Labute approximate surface area is 357 Å². The summed E-state index contributed by atoms with van der Waals surface area (Å²) in [7, 11) is -4.40. The van der Waals surface area contributed by atoms with E-state index in [0.717, 1.165) is 107 Å². The van der Waals surface area contributed by atoms with Crippen LogP contribution in [0, 0.1) is 13.8 Å². The van der Waals surface area contributed by atoms with E-state index in [4.69, 9.17) is 33.1 Å². The molecular formula is C47H82NO10P. The number of ether oxygens (including phenoxy) is 2. The zero-order valence-corrected chi connectivity index (χ0v) is 38.4. The molecule has 0 aromatic carbocycles. The number of carbonyl (C=O) groups excluding carboxylic acids is 2. The summed E-state index contributed by atoms with van der Waals surface area (Å²) in [6.07, 6.45) is 27.9. The van der Waals surface area contributed by atoms with Crippen LogP contribution in [0.3, 0.4) is 0 Å². The van der Waals surface area contributed by atoms with Crippen molar-refractivity contribution >= 4 is 19.8 Å². The zero-order valence-electron chi connectivity index (χ0n) is 37.5. The highest BCUT2D eigenvalue weighted by Gasteiger charge is 2.26. The van der Waals surface area contributed by atoms with Crippen molar-refractivity contribution in [1.29, 1.82) is 0 Å². The standard InChI is InChI=1S/C47H82NO10P/c1-5-7-22-28-42-36-40(4)45(57-42)30-24-18-14-10-8-9-11-16-20-25-31-46(49)53-37-43(38-55-59(51,52)54-34-33-48)58-47(50)32-26-21-17-13-12-15-19-23-29-44-39(3)35-41(56-44)27-6-2/h35-36,43H,5-34,37-38,48H2,1-4H3,(H,51,52)/t43-/m1/s1. The highest BCUT2D eigenvalue weighted by molar-refractivity contribution is 7.47. The molecule has 2 aromatic rings. The minimum atomic E-state index is -4.40. The third-order valence-corrected chi connectivity index (χ3v) is 11.7. The van der Waals surface area contributed by atoms with Gasteiger partial charge in [-0.3, -0.25) is 18.6 Å². The fourth-order valence-corrected chi connectivity index (χ4v) is 8.07. The third kappa shape index (κ3) is 26.5. The van der Waals surface area contributed by atoms with Crippen molar-refractivity contribution in [3.63, 3.8) is 0 Å². The summed E-state index contributed by atoms with van der Waals surface area (Å²) in [5.41, 5.74) is 7.92. The molecule has 3 N–H and O–H groups in total. The molecule has 0 aliphatic carbocycles. The summed E-state index contributed by atoms with van der Waals surface area (Å²) in [6.45, 7) is 7.87. The van der Waals surface area contributed by atoms with Crippen molar-refractivity contribution in [2.75, 3.05) is 26.4 Å². The van der Waals surface area contributed by atoms with Gasteiger partial charge in [0.15, 0.2) is 6.10 Å². The Bertz CT molecular complexity index is 1420. The van der Waals surface area contributed by atoms with Crippen LogP contribution in [0.25, 0.3) is 0 Å². The molecule has 2 heterocycles. The number of esters is 2. The Hall–Kier alpha value is -2.43. The van der Waals surface area contributed by atoms with Crippen molar-refractivity contribution in [2.24, 2.45) is 5.73 Å². The minimum Gasteiger partial charge on any atom is -0.466 e. The number of hydrogen-bond acceptors (Lipinski definition) is 10. The maximum atomic E-state index is 12.7. The quantitative estimate of drug-likeness (QED) is 0.0374. The summed E-state index contributed by atoms with van der Waals surface area (Å²) in [5.74, 6) is 3.68. The molecule has 0 fully saturated rings. The van der Waals surface area contributed by atoms with E-state index in [9.17, 15) is 19.0 Å². The predicted molar refractivity (Wildman–Crippen MR) is 235 cm³/mol. The van der Waals surface area contributed by atoms with Crippen molar-refractivity contribution < 1.29 is 46.4 Å². The van der Waals surface area contributed by atoms with Crippen molar-refractivity contribution in [2.45, 2.75) is 214 Å². The summed E-state index contributed by atoms with van der Waals surface area (Å²) >= 11 is 0. The molecule has 0 aliphatic rings. The molecule has 12 heteroatoms. The van der Waals surface area contributed by atoms with Crippen LogP contribution in [0.4, 0.5) is 0 Å². The molecule has 59 heavy (non-hydrogen) atoms. The van der Waals surface area contributed by atoms with E-state index >= 15 is 0 Å². The van der Waals surface area contributed by atoms with Crippen LogP contribution in [0.1, 0.15) is 202 Å². The molecule has 0 saturated carbocycles. The molecule has 340 valence electrons. The van der Waals surface area contributed by atoms with Gasteiger partial charge in [-0.25, -0.2) is 4.57 Å². The average Bonchev–Trinajstić information content (AvgIpc) is 3.75. The van der Waals surface area contributed by atoms with Crippen LogP contribution >= 0.6 is 7.82 Å². The predicted octanol–water partition coefficient (Wildman–Crippen LogP) is 12.3. The second kappa shape index (κ2) is 33.2. The second-order valence-electron chi connectivity index (χ2n) is 16.4. The Morgan fingerprint density at radius 2 is 1.07 bits per heavy atom. The van der Waals surface area contributed by atoms with Gasteiger partial charge in [-0.15, -0.1) is 0 Å². The highest BCUT2D eigenvalue weighted by Crippen LogP contribution is 2.43. The summed E-state index contributed by atoms with van der Waals surface area (Å²) in [4.78, 5) is 35.1. The second-order valence-corrected chi connectivity index (χ2v) is 17.8. The van der Waals surface area contributed by atoms with Gasteiger partial charge in [0.2, 0.25) is 0 Å². The Balaban J connectivity index is 1.53. The molecule has 0 bridgehead atoms. The normalized spacial score (nSPS) is 13.1. The van der Waals surface area contributed by atoms with Crippen LogP contribution < -0.4 is 5.73 Å².